The highest BCUT2D eigenvalue weighted by atomic mass is 32.3. The molecule has 0 aliphatic rings. The molecule has 16 heteroatoms. The van der Waals surface area contributed by atoms with E-state index in [1.807, 2.05) is 0 Å². The van der Waals surface area contributed by atoms with Gasteiger partial charge < -0.3 is 11.1 Å². The van der Waals surface area contributed by atoms with Gasteiger partial charge in [-0.2, -0.15) is 0 Å². The lowest BCUT2D eigenvalue weighted by atomic mass is 10.3. The maximum absolute atomic E-state index is 12.3. The molecule has 0 aliphatic heterocycles. The largest absolute Gasteiger partial charge is 0.504 e. The Hall–Kier alpha value is -3.00. The summed E-state index contributed by atoms with van der Waals surface area (Å²) in [4.78, 5) is 4.50. The summed E-state index contributed by atoms with van der Waals surface area (Å²) in [6.07, 6.45) is 0. The zero-order valence-corrected chi connectivity index (χ0v) is 24.7. The van der Waals surface area contributed by atoms with E-state index >= 15 is 0 Å². The van der Waals surface area contributed by atoms with Gasteiger partial charge >= 0.3 is 8.75 Å². The summed E-state index contributed by atoms with van der Waals surface area (Å²) >= 11 is 0. The van der Waals surface area contributed by atoms with Crippen LogP contribution in [0.1, 0.15) is 41.5 Å². The number of rotatable bonds is 2. The summed E-state index contributed by atoms with van der Waals surface area (Å²) in [7, 11) is -17.3. The van der Waals surface area contributed by atoms with E-state index in [-0.39, 0.29) is 9.79 Å². The van der Waals surface area contributed by atoms with Crippen molar-refractivity contribution in [3.63, 3.8) is 0 Å². The first-order valence-electron chi connectivity index (χ1n) is 10.6. The molecule has 0 saturated carbocycles. The van der Waals surface area contributed by atoms with Crippen LogP contribution >= 0.6 is 0 Å². The Morgan fingerprint density at radius 2 is 0.789 bits per heavy atom. The Kier molecular flexibility index (Phi) is 9.91. The molecule has 0 saturated heterocycles. The van der Waals surface area contributed by atoms with E-state index in [0.29, 0.717) is 0 Å². The molecule has 0 amide bonds. The third-order valence-electron chi connectivity index (χ3n) is 4.80. The molecule has 0 spiro atoms. The standard InChI is InChI=1S/C13H10N2O4S2.C9H18N2O4S2/c14-15-13(20(16,17)11-7-3-1-4-8-11)21(18,19)12-9-5-2-6-10-12;1-8(2,3)16(12,13)7(11-10)17(14,15)9(4,5)6/h1-10H;1-6H3. The Morgan fingerprint density at radius 1 is 0.526 bits per heavy atom. The molecule has 12 nitrogen and oxygen atoms in total. The van der Waals surface area contributed by atoms with Crippen molar-refractivity contribution in [3.8, 4) is 0 Å². The van der Waals surface area contributed by atoms with Gasteiger partial charge in [-0.05, 0) is 65.8 Å². The van der Waals surface area contributed by atoms with Crippen molar-refractivity contribution in [1.82, 2.24) is 0 Å². The first kappa shape index (κ1) is 33.0. The molecule has 38 heavy (non-hydrogen) atoms. The Balaban J connectivity index is 0.000000391. The zero-order valence-electron chi connectivity index (χ0n) is 21.5. The minimum absolute atomic E-state index is 0.266. The van der Waals surface area contributed by atoms with Crippen molar-refractivity contribution in [2.75, 3.05) is 0 Å². The zero-order chi connectivity index (χ0) is 29.8. The van der Waals surface area contributed by atoms with Crippen LogP contribution in [-0.2, 0) is 39.3 Å². The van der Waals surface area contributed by atoms with Gasteiger partial charge in [-0.25, -0.2) is 33.7 Å². The second-order valence-corrected chi connectivity index (χ2v) is 19.1. The summed E-state index contributed by atoms with van der Waals surface area (Å²) in [5.74, 6) is 0. The highest BCUT2D eigenvalue weighted by Crippen LogP contribution is 2.25. The van der Waals surface area contributed by atoms with E-state index in [1.54, 1.807) is 12.1 Å². The minimum Gasteiger partial charge on any atom is -0.359 e. The molecule has 0 radical (unpaired) electrons. The molecule has 2 rings (SSSR count). The molecule has 2 aromatic rings. The van der Waals surface area contributed by atoms with Crippen molar-refractivity contribution in [2.24, 2.45) is 0 Å². The average molecular weight is 605 g/mol. The van der Waals surface area contributed by atoms with Crippen LogP contribution in [0.15, 0.2) is 70.5 Å². The lowest BCUT2D eigenvalue weighted by molar-refractivity contribution is 0.00332. The second-order valence-electron chi connectivity index (χ2n) is 9.60. The quantitative estimate of drug-likeness (QED) is 0.215. The molecule has 2 aromatic carbocycles. The normalized spacial score (nSPS) is 12.8. The van der Waals surface area contributed by atoms with E-state index < -0.39 is 57.6 Å². The van der Waals surface area contributed by atoms with Gasteiger partial charge in [-0.1, -0.05) is 36.4 Å². The number of nitrogens with zero attached hydrogens (tertiary/aromatic N) is 4. The number of hydrogen-bond donors (Lipinski definition) is 0. The summed E-state index contributed by atoms with van der Waals surface area (Å²) < 4.78 is 92.1. The number of sulfone groups is 4. The summed E-state index contributed by atoms with van der Waals surface area (Å²) in [6, 6.07) is 13.8. The van der Waals surface area contributed by atoms with Crippen LogP contribution in [0.2, 0.25) is 0 Å². The Labute approximate surface area is 223 Å². The van der Waals surface area contributed by atoms with Crippen LogP contribution < -0.4 is 0 Å². The van der Waals surface area contributed by atoms with Crippen LogP contribution in [0.4, 0.5) is 0 Å². The van der Waals surface area contributed by atoms with Crippen molar-refractivity contribution < 1.29 is 43.3 Å². The van der Waals surface area contributed by atoms with Crippen LogP contribution in [0, 0.1) is 0 Å². The van der Waals surface area contributed by atoms with E-state index in [1.165, 1.54) is 90.1 Å². The smallest absolute Gasteiger partial charge is 0.359 e. The molecular weight excluding hydrogens is 577 g/mol. The lowest BCUT2D eigenvalue weighted by Crippen LogP contribution is -2.45. The molecule has 0 atom stereocenters. The fourth-order valence-electron chi connectivity index (χ4n) is 2.43. The topological polar surface area (TPSA) is 209 Å². The van der Waals surface area contributed by atoms with Crippen LogP contribution in [0.3, 0.4) is 0 Å². The molecule has 0 unspecified atom stereocenters. The number of hydrogen-bond acceptors (Lipinski definition) is 8. The maximum Gasteiger partial charge on any atom is 0.504 e. The summed E-state index contributed by atoms with van der Waals surface area (Å²) in [5.41, 5.74) is 17.7. The fraction of sp³-hybridized carbons (Fsp3) is 0.364. The molecule has 0 N–H and O–H groups in total. The lowest BCUT2D eigenvalue weighted by Gasteiger charge is -2.20. The maximum atomic E-state index is 12.3. The van der Waals surface area contributed by atoms with Gasteiger partial charge in [0.05, 0.1) is 19.3 Å². The van der Waals surface area contributed by atoms with Crippen molar-refractivity contribution >= 4 is 48.1 Å². The second kappa shape index (κ2) is 11.4. The molecule has 0 aromatic heterocycles. The third kappa shape index (κ3) is 6.70. The van der Waals surface area contributed by atoms with E-state index in [9.17, 15) is 33.7 Å². The van der Waals surface area contributed by atoms with Crippen LogP contribution in [-0.4, -0.2) is 61.5 Å². The molecule has 0 bridgehead atoms. The highest BCUT2D eigenvalue weighted by molar-refractivity contribution is 8.32. The first-order valence-corrected chi connectivity index (χ1v) is 16.6. The monoisotopic (exact) mass is 604 g/mol. The number of benzene rings is 2. The van der Waals surface area contributed by atoms with Gasteiger partial charge in [0.15, 0.2) is 0 Å². The molecule has 0 aliphatic carbocycles. The predicted octanol–water partition coefficient (Wildman–Crippen LogP) is 2.52. The Morgan fingerprint density at radius 3 is 1.00 bits per heavy atom. The van der Waals surface area contributed by atoms with Crippen molar-refractivity contribution in [3.05, 3.63) is 71.7 Å². The van der Waals surface area contributed by atoms with E-state index in [2.05, 4.69) is 9.58 Å². The van der Waals surface area contributed by atoms with Gasteiger partial charge in [-0.3, -0.25) is 0 Å². The summed E-state index contributed by atoms with van der Waals surface area (Å²) in [5, 5.41) is 0. The van der Waals surface area contributed by atoms with Gasteiger partial charge in [0.25, 0.3) is 39.3 Å². The van der Waals surface area contributed by atoms with Crippen LogP contribution in [0.5, 0.6) is 0 Å². The predicted molar refractivity (Wildman–Crippen MR) is 142 cm³/mol. The SMILES string of the molecule is CC(C)(C)S(=O)(=O)C(=[N+]=[N-])S(=O)(=O)C(C)(C)C.[N-]=[N+]=C(S(=O)(=O)c1ccccc1)S(=O)(=O)c1ccccc1. The Bertz CT molecular complexity index is 1590. The highest BCUT2D eigenvalue weighted by Gasteiger charge is 2.53. The van der Waals surface area contributed by atoms with Crippen molar-refractivity contribution in [1.29, 1.82) is 0 Å². The minimum atomic E-state index is -4.44. The van der Waals surface area contributed by atoms with Gasteiger partial charge in [0.2, 0.25) is 0 Å². The fourth-order valence-corrected chi connectivity index (χ4v) is 9.73. The van der Waals surface area contributed by atoms with Gasteiger partial charge in [0, 0.05) is 0 Å². The molecule has 0 fully saturated rings. The van der Waals surface area contributed by atoms with Crippen molar-refractivity contribution in [2.45, 2.75) is 60.8 Å². The third-order valence-corrected chi connectivity index (χ3v) is 14.6. The van der Waals surface area contributed by atoms with Gasteiger partial charge in [0.1, 0.15) is 0 Å². The van der Waals surface area contributed by atoms with Crippen LogP contribution in [0.25, 0.3) is 11.1 Å². The molecular formula is C22H28N4O8S4. The average Bonchev–Trinajstić information content (AvgIpc) is 2.79. The van der Waals surface area contributed by atoms with E-state index in [0.717, 1.165) is 0 Å². The first-order chi connectivity index (χ1) is 17.1. The molecule has 208 valence electrons. The van der Waals surface area contributed by atoms with Gasteiger partial charge in [-0.15, -0.1) is 9.58 Å². The van der Waals surface area contributed by atoms with E-state index in [4.69, 9.17) is 11.1 Å². The molecule has 0 heterocycles. The summed E-state index contributed by atoms with van der Waals surface area (Å²) in [6.45, 7) is 8.03.